The predicted octanol–water partition coefficient (Wildman–Crippen LogP) is 8.12. The maximum Gasteiger partial charge on any atom is 0.435 e. The van der Waals surface area contributed by atoms with E-state index in [9.17, 15) is 53.5 Å². The first-order chi connectivity index (χ1) is 18.3. The molecule has 0 heterocycles. The Labute approximate surface area is 220 Å². The fraction of sp³-hybridized carbons (Fsp3) is 0.231. The van der Waals surface area contributed by atoms with Crippen molar-refractivity contribution in [3.63, 3.8) is 0 Å². The summed E-state index contributed by atoms with van der Waals surface area (Å²) < 4.78 is 133. The average molecular weight is 580 g/mol. The van der Waals surface area contributed by atoms with Gasteiger partial charge in [-0.2, -0.15) is 39.5 Å². The lowest BCUT2D eigenvalue weighted by atomic mass is 9.90. The number of alkyl halides is 10. The van der Waals surface area contributed by atoms with Gasteiger partial charge >= 0.3 is 24.2 Å². The van der Waals surface area contributed by atoms with Gasteiger partial charge in [-0.1, -0.05) is 30.3 Å². The third-order valence-electron chi connectivity index (χ3n) is 5.81. The highest BCUT2D eigenvalue weighted by molar-refractivity contribution is 6.08. The third-order valence-corrected chi connectivity index (χ3v) is 5.81. The number of carbonyl (C=O) groups excluding carboxylic acids is 2. The quantitative estimate of drug-likeness (QED) is 0.300. The van der Waals surface area contributed by atoms with Crippen molar-refractivity contribution < 1.29 is 53.5 Å². The lowest BCUT2D eigenvalue weighted by Crippen LogP contribution is -2.50. The molecule has 14 heteroatoms. The Morgan fingerprint density at radius 2 is 1.20 bits per heavy atom. The minimum Gasteiger partial charge on any atom is -0.322 e. The van der Waals surface area contributed by atoms with Crippen LogP contribution in [0.25, 0.3) is 0 Å². The molecular formula is C26H18F10N2O2. The molecule has 3 rings (SSSR count). The molecule has 0 saturated heterocycles. The van der Waals surface area contributed by atoms with E-state index in [0.717, 1.165) is 32.0 Å². The van der Waals surface area contributed by atoms with E-state index < -0.39 is 52.7 Å². The van der Waals surface area contributed by atoms with Crippen LogP contribution in [0.4, 0.5) is 55.3 Å². The molecular weight excluding hydrogens is 562 g/mol. The van der Waals surface area contributed by atoms with E-state index in [2.05, 4.69) is 10.6 Å². The lowest BCUT2D eigenvalue weighted by molar-refractivity contribution is -0.348. The van der Waals surface area contributed by atoms with Crippen molar-refractivity contribution in [1.82, 2.24) is 0 Å². The van der Waals surface area contributed by atoms with E-state index in [1.165, 1.54) is 24.3 Å². The lowest BCUT2D eigenvalue weighted by Gasteiger charge is -2.31. The molecule has 0 aromatic heterocycles. The molecule has 0 fully saturated rings. The molecule has 0 spiro atoms. The molecule has 0 atom stereocenters. The van der Waals surface area contributed by atoms with Gasteiger partial charge in [0.05, 0.1) is 11.1 Å². The summed E-state index contributed by atoms with van der Waals surface area (Å²) in [5.74, 6) is -2.05. The maximum absolute atomic E-state index is 14.5. The second-order valence-electron chi connectivity index (χ2n) is 8.67. The minimum atomic E-state index is -6.32. The van der Waals surface area contributed by atoms with Crippen LogP contribution >= 0.6 is 0 Å². The number of halogens is 10. The van der Waals surface area contributed by atoms with Gasteiger partial charge in [0.2, 0.25) is 0 Å². The van der Waals surface area contributed by atoms with Gasteiger partial charge in [0.1, 0.15) is 0 Å². The number of aryl methyl sites for hydroxylation is 2. The van der Waals surface area contributed by atoms with E-state index in [-0.39, 0.29) is 28.1 Å². The molecule has 0 radical (unpaired) electrons. The summed E-state index contributed by atoms with van der Waals surface area (Å²) in [5, 5.41) is 4.54. The van der Waals surface area contributed by atoms with E-state index in [1.807, 2.05) is 0 Å². The van der Waals surface area contributed by atoms with Crippen LogP contribution in [-0.2, 0) is 11.8 Å². The fourth-order valence-corrected chi connectivity index (χ4v) is 3.90. The van der Waals surface area contributed by atoms with Crippen molar-refractivity contribution in [3.05, 3.63) is 94.0 Å². The second-order valence-corrected chi connectivity index (χ2v) is 8.67. The second kappa shape index (κ2) is 10.5. The van der Waals surface area contributed by atoms with E-state index in [4.69, 9.17) is 0 Å². The molecule has 0 bridgehead atoms. The molecule has 3 aromatic rings. The summed E-state index contributed by atoms with van der Waals surface area (Å²) in [4.78, 5) is 25.3. The first kappa shape index (κ1) is 30.4. The molecule has 2 amide bonds. The molecule has 0 unspecified atom stereocenters. The van der Waals surface area contributed by atoms with Crippen molar-refractivity contribution in [2.45, 2.75) is 38.0 Å². The number of hydrogen-bond acceptors (Lipinski definition) is 2. The van der Waals surface area contributed by atoms with Crippen LogP contribution in [0.3, 0.4) is 0 Å². The van der Waals surface area contributed by atoms with Crippen molar-refractivity contribution in [2.24, 2.45) is 0 Å². The number of anilines is 2. The molecule has 4 nitrogen and oxygen atoms in total. The Morgan fingerprint density at radius 3 is 1.73 bits per heavy atom. The fourth-order valence-electron chi connectivity index (χ4n) is 3.90. The normalized spacial score (nSPS) is 12.7. The van der Waals surface area contributed by atoms with Crippen molar-refractivity contribution in [2.75, 3.05) is 10.6 Å². The van der Waals surface area contributed by atoms with Gasteiger partial charge < -0.3 is 10.6 Å². The number of nitrogens with one attached hydrogen (secondary N) is 2. The van der Waals surface area contributed by atoms with Gasteiger partial charge in [-0.25, -0.2) is 4.39 Å². The number of amides is 2. The summed E-state index contributed by atoms with van der Waals surface area (Å²) in [6.45, 7) is 2.13. The van der Waals surface area contributed by atoms with Crippen LogP contribution in [-0.4, -0.2) is 24.2 Å². The first-order valence-electron chi connectivity index (χ1n) is 11.1. The van der Waals surface area contributed by atoms with E-state index in [1.54, 1.807) is 0 Å². The zero-order valence-electron chi connectivity index (χ0n) is 20.4. The summed E-state index contributed by atoms with van der Waals surface area (Å²) in [6.07, 6.45) is -17.5. The van der Waals surface area contributed by atoms with Gasteiger partial charge in [0.15, 0.2) is 0 Å². The molecule has 40 heavy (non-hydrogen) atoms. The monoisotopic (exact) mass is 580 g/mol. The van der Waals surface area contributed by atoms with Crippen LogP contribution in [0.2, 0.25) is 0 Å². The van der Waals surface area contributed by atoms with Gasteiger partial charge in [0, 0.05) is 22.5 Å². The van der Waals surface area contributed by atoms with Crippen molar-refractivity contribution in [3.8, 4) is 0 Å². The maximum atomic E-state index is 14.5. The minimum absolute atomic E-state index is 0.0870. The van der Waals surface area contributed by atoms with Gasteiger partial charge in [-0.15, -0.1) is 0 Å². The summed E-state index contributed by atoms with van der Waals surface area (Å²) in [7, 11) is 0. The molecule has 3 aromatic carbocycles. The number of hydrogen-bond donors (Lipinski definition) is 2. The Hall–Kier alpha value is -4.10. The largest absolute Gasteiger partial charge is 0.435 e. The van der Waals surface area contributed by atoms with Crippen LogP contribution in [0.1, 0.15) is 43.0 Å². The number of rotatable bonds is 5. The summed E-state index contributed by atoms with van der Waals surface area (Å²) in [5.41, 5.74) is -10.3. The van der Waals surface area contributed by atoms with Crippen LogP contribution in [0, 0.1) is 13.8 Å². The smallest absolute Gasteiger partial charge is 0.322 e. The molecule has 2 N–H and O–H groups in total. The van der Waals surface area contributed by atoms with Crippen LogP contribution in [0.15, 0.2) is 60.7 Å². The molecule has 0 aliphatic rings. The highest BCUT2D eigenvalue weighted by atomic mass is 19.4. The highest BCUT2D eigenvalue weighted by Gasteiger charge is 2.73. The van der Waals surface area contributed by atoms with Crippen molar-refractivity contribution >= 4 is 23.2 Å². The molecule has 214 valence electrons. The van der Waals surface area contributed by atoms with E-state index in [0.29, 0.717) is 18.2 Å². The molecule has 0 aliphatic heterocycles. The summed E-state index contributed by atoms with van der Waals surface area (Å²) in [6, 6.07) is 9.48. The Bertz CT molecular complexity index is 1410. The van der Waals surface area contributed by atoms with E-state index >= 15 is 0 Å². The van der Waals surface area contributed by atoms with Crippen molar-refractivity contribution in [1.29, 1.82) is 0 Å². The third kappa shape index (κ3) is 5.89. The Morgan fingerprint density at radius 1 is 0.650 bits per heavy atom. The van der Waals surface area contributed by atoms with Crippen LogP contribution in [0.5, 0.6) is 0 Å². The average Bonchev–Trinajstić information content (AvgIpc) is 2.83. The number of benzene rings is 3. The SMILES string of the molecule is Cc1cc(C(F)(C(F)(F)F)C(F)(F)F)cc(C)c1NC(=O)c1cccc(NC(=O)c2ccccc2C(F)(F)F)c1. The van der Waals surface area contributed by atoms with Crippen LogP contribution < -0.4 is 10.6 Å². The Kier molecular flexibility index (Phi) is 7.97. The standard InChI is InChI=1S/C26H18F10N2O2/c1-13-10-16(23(27,25(31,32)33)26(34,35)36)11-14(2)20(13)38-21(39)15-6-5-7-17(12-15)37-22(40)18-8-3-4-9-19(18)24(28,29)30/h3-12H,1-2H3,(H,37,40)(H,38,39). The first-order valence-corrected chi connectivity index (χ1v) is 11.1. The van der Waals surface area contributed by atoms with Gasteiger partial charge in [-0.05, 0) is 55.3 Å². The zero-order valence-corrected chi connectivity index (χ0v) is 20.4. The topological polar surface area (TPSA) is 58.2 Å². The zero-order chi connectivity index (χ0) is 30.3. The molecule has 0 saturated carbocycles. The molecule has 0 aliphatic carbocycles. The predicted molar refractivity (Wildman–Crippen MR) is 125 cm³/mol. The summed E-state index contributed by atoms with van der Waals surface area (Å²) >= 11 is 0. The number of carbonyl (C=O) groups is 2. The Balaban J connectivity index is 1.88. The van der Waals surface area contributed by atoms with Gasteiger partial charge in [-0.3, -0.25) is 9.59 Å². The van der Waals surface area contributed by atoms with Gasteiger partial charge in [0.25, 0.3) is 11.8 Å². The highest BCUT2D eigenvalue weighted by Crippen LogP contribution is 2.53.